The predicted molar refractivity (Wildman–Crippen MR) is 77.4 cm³/mol. The number of hydrogen-bond acceptors (Lipinski definition) is 5. The van der Waals surface area contributed by atoms with E-state index in [-0.39, 0.29) is 5.92 Å². The maximum absolute atomic E-state index is 9.22. The lowest BCUT2D eigenvalue weighted by Gasteiger charge is -2.03. The first-order chi connectivity index (χ1) is 9.83. The van der Waals surface area contributed by atoms with E-state index in [4.69, 9.17) is 0 Å². The third kappa shape index (κ3) is 2.17. The molecule has 1 aromatic rings. The quantitative estimate of drug-likeness (QED) is 0.795. The largest absolute Gasteiger partial charge is 0.331 e. The van der Waals surface area contributed by atoms with E-state index in [1.54, 1.807) is 18.7 Å². The van der Waals surface area contributed by atoms with Crippen molar-refractivity contribution < 1.29 is 0 Å². The molecular weight excluding hydrogens is 270 g/mol. The van der Waals surface area contributed by atoms with Crippen LogP contribution in [0.5, 0.6) is 0 Å². The van der Waals surface area contributed by atoms with Gasteiger partial charge in [0.05, 0.1) is 28.9 Å². The summed E-state index contributed by atoms with van der Waals surface area (Å²) in [6.07, 6.45) is 7.01. The molecule has 0 aromatic carbocycles. The topological polar surface area (TPSA) is 78.2 Å². The van der Waals surface area contributed by atoms with Crippen LogP contribution in [0, 0.1) is 11.3 Å². The molecule has 1 aromatic heterocycles. The average Bonchev–Trinajstić information content (AvgIpc) is 3.12. The number of nitrogens with zero attached hydrogens (tertiary/aromatic N) is 4. The minimum absolute atomic E-state index is 0.123. The van der Waals surface area contributed by atoms with Gasteiger partial charge in [0.1, 0.15) is 10.8 Å². The number of fused-ring (bicyclic) bond motifs is 1. The Morgan fingerprint density at radius 2 is 2.30 bits per heavy atom. The van der Waals surface area contributed by atoms with Crippen molar-refractivity contribution in [3.63, 3.8) is 0 Å². The standard InChI is InChI=1S/C14H13N5S/c1-2-3-9(6-15)14-17-7-11(20-14)12-10-4-5-16-13(10)19-8-18-12/h4-5,7-9H,2-3H2,1H3,(H,16,18,19). The van der Waals surface area contributed by atoms with Gasteiger partial charge >= 0.3 is 0 Å². The lowest BCUT2D eigenvalue weighted by Crippen LogP contribution is -1.93. The Morgan fingerprint density at radius 3 is 3.10 bits per heavy atom. The Bertz CT molecular complexity index is 723. The maximum atomic E-state index is 9.22. The number of rotatable bonds is 4. The van der Waals surface area contributed by atoms with Gasteiger partial charge in [-0.2, -0.15) is 5.26 Å². The van der Waals surface area contributed by atoms with E-state index < -0.39 is 0 Å². The summed E-state index contributed by atoms with van der Waals surface area (Å²) in [5.41, 5.74) is 1.85. The summed E-state index contributed by atoms with van der Waals surface area (Å²) in [7, 11) is 0. The predicted octanol–water partition coefficient (Wildman–Crippen LogP) is 3.44. The summed E-state index contributed by atoms with van der Waals surface area (Å²) < 4.78 is 0. The van der Waals surface area contributed by atoms with Crippen molar-refractivity contribution >= 4 is 11.3 Å². The van der Waals surface area contributed by atoms with Crippen LogP contribution in [0.15, 0.2) is 24.8 Å². The van der Waals surface area contributed by atoms with Crippen LogP contribution in [0.3, 0.4) is 0 Å². The third-order valence-electron chi connectivity index (χ3n) is 3.14. The zero-order valence-corrected chi connectivity index (χ0v) is 11.8. The van der Waals surface area contributed by atoms with Crippen LogP contribution in [0.4, 0.5) is 0 Å². The van der Waals surface area contributed by atoms with Crippen LogP contribution < -0.4 is 0 Å². The molecule has 20 heavy (non-hydrogen) atoms. The number of thiazole rings is 1. The number of aromatic nitrogens is 4. The Balaban J connectivity index is 1.98. The molecule has 3 rings (SSSR count). The van der Waals surface area contributed by atoms with Gasteiger partial charge in [-0.1, -0.05) is 13.3 Å². The van der Waals surface area contributed by atoms with Crippen molar-refractivity contribution in [2.24, 2.45) is 0 Å². The van der Waals surface area contributed by atoms with Crippen LogP contribution in [0.2, 0.25) is 0 Å². The third-order valence-corrected chi connectivity index (χ3v) is 4.26. The van der Waals surface area contributed by atoms with E-state index in [0.717, 1.165) is 39.8 Å². The summed E-state index contributed by atoms with van der Waals surface area (Å²) in [5, 5.41) is 10.1. The molecule has 6 heteroatoms. The molecule has 1 unspecified atom stereocenters. The molecule has 100 valence electrons. The van der Waals surface area contributed by atoms with Crippen LogP contribution in [0.25, 0.3) is 22.0 Å². The van der Waals surface area contributed by atoms with Crippen LogP contribution in [-0.4, -0.2) is 19.9 Å². The highest BCUT2D eigenvalue weighted by Crippen LogP contribution is 2.35. The molecule has 3 heterocycles. The number of nitrogens with one attached hydrogen (secondary N) is 1. The summed E-state index contributed by atoms with van der Waals surface area (Å²) in [5.74, 6) is 0.692. The van der Waals surface area contributed by atoms with Gasteiger partial charge in [-0.25, -0.2) is 15.0 Å². The van der Waals surface area contributed by atoms with E-state index in [1.807, 2.05) is 6.07 Å². The highest BCUT2D eigenvalue weighted by atomic mass is 32.1. The maximum Gasteiger partial charge on any atom is 0.140 e. The molecule has 0 radical (unpaired) electrons. The van der Waals surface area contributed by atoms with Gasteiger partial charge in [-0.3, -0.25) is 0 Å². The van der Waals surface area contributed by atoms with Gasteiger partial charge in [0.2, 0.25) is 0 Å². The van der Waals surface area contributed by atoms with Gasteiger partial charge in [0, 0.05) is 18.0 Å². The number of nitriles is 1. The smallest absolute Gasteiger partial charge is 0.140 e. The SMILES string of the molecule is CCCC(C#N)c1ncc(-c2nc[nH]c3nccc2-3)s1. The Hall–Kier alpha value is -2.26. The fraction of sp³-hybridized carbons (Fsp3) is 0.286. The summed E-state index contributed by atoms with van der Waals surface area (Å²) in [6.45, 7) is 2.08. The second kappa shape index (κ2) is 5.39. The highest BCUT2D eigenvalue weighted by Gasteiger charge is 2.18. The Labute approximate surface area is 120 Å². The first-order valence-corrected chi connectivity index (χ1v) is 7.29. The summed E-state index contributed by atoms with van der Waals surface area (Å²) in [6, 6.07) is 4.26. The molecule has 2 aliphatic heterocycles. The molecule has 0 amide bonds. The molecule has 0 aliphatic carbocycles. The minimum atomic E-state index is -0.123. The second-order valence-electron chi connectivity index (χ2n) is 4.49. The van der Waals surface area contributed by atoms with E-state index in [1.165, 1.54) is 11.3 Å². The van der Waals surface area contributed by atoms with E-state index in [2.05, 4.69) is 32.9 Å². The summed E-state index contributed by atoms with van der Waals surface area (Å²) in [4.78, 5) is 17.0. The van der Waals surface area contributed by atoms with Crippen molar-refractivity contribution in [3.05, 3.63) is 29.8 Å². The van der Waals surface area contributed by atoms with Crippen molar-refractivity contribution in [3.8, 4) is 28.0 Å². The van der Waals surface area contributed by atoms with Crippen molar-refractivity contribution in [2.75, 3.05) is 0 Å². The average molecular weight is 283 g/mol. The molecule has 0 saturated carbocycles. The van der Waals surface area contributed by atoms with E-state index in [0.29, 0.717) is 0 Å². The van der Waals surface area contributed by atoms with Gasteiger partial charge in [0.25, 0.3) is 0 Å². The first kappa shape index (κ1) is 12.8. The first-order valence-electron chi connectivity index (χ1n) is 6.47. The van der Waals surface area contributed by atoms with Gasteiger partial charge < -0.3 is 4.98 Å². The fourth-order valence-electron chi connectivity index (χ4n) is 2.15. The molecule has 0 bridgehead atoms. The van der Waals surface area contributed by atoms with Gasteiger partial charge in [0.15, 0.2) is 0 Å². The van der Waals surface area contributed by atoms with Gasteiger partial charge in [-0.15, -0.1) is 11.3 Å². The Kier molecular flexibility index (Phi) is 3.44. The molecular formula is C14H13N5S. The zero-order chi connectivity index (χ0) is 13.9. The molecule has 1 atom stereocenters. The Morgan fingerprint density at radius 1 is 1.40 bits per heavy atom. The molecule has 5 nitrogen and oxygen atoms in total. The molecule has 0 fully saturated rings. The highest BCUT2D eigenvalue weighted by molar-refractivity contribution is 7.15. The number of hydrogen-bond donors (Lipinski definition) is 1. The van der Waals surface area contributed by atoms with Crippen LogP contribution in [0.1, 0.15) is 30.7 Å². The van der Waals surface area contributed by atoms with Crippen LogP contribution in [-0.2, 0) is 0 Å². The van der Waals surface area contributed by atoms with Crippen molar-refractivity contribution in [1.82, 2.24) is 19.9 Å². The lowest BCUT2D eigenvalue weighted by molar-refractivity contribution is 0.722. The normalized spacial score (nSPS) is 12.4. The lowest BCUT2D eigenvalue weighted by atomic mass is 10.1. The van der Waals surface area contributed by atoms with Gasteiger partial charge in [-0.05, 0) is 12.5 Å². The van der Waals surface area contributed by atoms with E-state index >= 15 is 0 Å². The minimum Gasteiger partial charge on any atom is -0.331 e. The number of aromatic amines is 1. The molecule has 1 N–H and O–H groups in total. The van der Waals surface area contributed by atoms with Crippen molar-refractivity contribution in [2.45, 2.75) is 25.7 Å². The molecule has 0 spiro atoms. The number of H-pyrrole nitrogens is 1. The second-order valence-corrected chi connectivity index (χ2v) is 5.55. The molecule has 2 aliphatic rings. The molecule has 0 saturated heterocycles. The van der Waals surface area contributed by atoms with Crippen LogP contribution >= 0.6 is 11.3 Å². The summed E-state index contributed by atoms with van der Waals surface area (Å²) >= 11 is 1.54. The fourth-order valence-corrected chi connectivity index (χ4v) is 3.16. The zero-order valence-electron chi connectivity index (χ0n) is 11.0. The van der Waals surface area contributed by atoms with Crippen molar-refractivity contribution in [1.29, 1.82) is 5.26 Å². The van der Waals surface area contributed by atoms with E-state index in [9.17, 15) is 5.26 Å². The monoisotopic (exact) mass is 283 g/mol.